The highest BCUT2D eigenvalue weighted by atomic mass is 16.7. The zero-order chi connectivity index (χ0) is 20.5. The van der Waals surface area contributed by atoms with E-state index in [1.807, 2.05) is 12.1 Å². The van der Waals surface area contributed by atoms with E-state index in [-0.39, 0.29) is 0 Å². The van der Waals surface area contributed by atoms with Crippen molar-refractivity contribution >= 4 is 5.97 Å². The Balaban J connectivity index is 1.93. The van der Waals surface area contributed by atoms with Crippen LogP contribution in [-0.2, 0) is 16.0 Å². The van der Waals surface area contributed by atoms with Gasteiger partial charge < -0.3 is 29.9 Å². The second kappa shape index (κ2) is 11.4. The van der Waals surface area contributed by atoms with Crippen LogP contribution in [0.1, 0.15) is 57.4 Å². The molecule has 158 valence electrons. The van der Waals surface area contributed by atoms with Gasteiger partial charge in [-0.25, -0.2) is 4.79 Å². The van der Waals surface area contributed by atoms with E-state index in [1.165, 1.54) is 32.1 Å². The molecule has 1 unspecified atom stereocenters. The SMILES string of the molecule is CCCCCCCCCc1ccccc1OC1O[C@H](C(=O)O)[C@@H](O)[C@H](O)[C@H]1O. The molecule has 0 radical (unpaired) electrons. The first-order chi connectivity index (χ1) is 13.5. The van der Waals surface area contributed by atoms with Gasteiger partial charge in [-0.1, -0.05) is 63.6 Å². The van der Waals surface area contributed by atoms with Crippen molar-refractivity contribution in [2.45, 2.75) is 89.0 Å². The molecule has 0 amide bonds. The topological polar surface area (TPSA) is 116 Å². The van der Waals surface area contributed by atoms with Crippen molar-refractivity contribution < 1.29 is 34.7 Å². The summed E-state index contributed by atoms with van der Waals surface area (Å²) >= 11 is 0. The number of ether oxygens (including phenoxy) is 2. The van der Waals surface area contributed by atoms with E-state index in [0.717, 1.165) is 24.8 Å². The first-order valence-corrected chi connectivity index (χ1v) is 10.1. The molecular formula is C21H32O7. The Morgan fingerprint density at radius 2 is 1.61 bits per heavy atom. The monoisotopic (exact) mass is 396 g/mol. The van der Waals surface area contributed by atoms with E-state index >= 15 is 0 Å². The number of rotatable bonds is 11. The smallest absolute Gasteiger partial charge is 0.335 e. The van der Waals surface area contributed by atoms with Crippen LogP contribution in [0, 0.1) is 0 Å². The van der Waals surface area contributed by atoms with Crippen LogP contribution >= 0.6 is 0 Å². The minimum absolute atomic E-state index is 0.477. The molecule has 1 aliphatic rings. The zero-order valence-corrected chi connectivity index (χ0v) is 16.4. The Kier molecular flexibility index (Phi) is 9.18. The summed E-state index contributed by atoms with van der Waals surface area (Å²) in [5, 5.41) is 38.9. The lowest BCUT2D eigenvalue weighted by atomic mass is 9.99. The first kappa shape index (κ1) is 22.6. The molecule has 7 nitrogen and oxygen atoms in total. The van der Waals surface area contributed by atoms with Crippen LogP contribution in [0.2, 0.25) is 0 Å². The van der Waals surface area contributed by atoms with Gasteiger partial charge in [0.25, 0.3) is 0 Å². The van der Waals surface area contributed by atoms with Gasteiger partial charge in [-0.2, -0.15) is 0 Å². The predicted molar refractivity (Wildman–Crippen MR) is 103 cm³/mol. The third-order valence-corrected chi connectivity index (χ3v) is 5.08. The molecule has 5 atom stereocenters. The minimum atomic E-state index is -1.73. The molecule has 1 heterocycles. The Morgan fingerprint density at radius 3 is 2.29 bits per heavy atom. The van der Waals surface area contributed by atoms with Crippen LogP contribution in [-0.4, -0.2) is 57.1 Å². The molecule has 28 heavy (non-hydrogen) atoms. The first-order valence-electron chi connectivity index (χ1n) is 10.1. The molecule has 7 heteroatoms. The van der Waals surface area contributed by atoms with Crippen molar-refractivity contribution in [3.8, 4) is 5.75 Å². The molecule has 0 bridgehead atoms. The fourth-order valence-electron chi connectivity index (χ4n) is 3.37. The third kappa shape index (κ3) is 6.17. The molecule has 1 fully saturated rings. The quantitative estimate of drug-likeness (QED) is 0.424. The van der Waals surface area contributed by atoms with Crippen LogP contribution in [0.5, 0.6) is 5.75 Å². The van der Waals surface area contributed by atoms with E-state index in [0.29, 0.717) is 5.75 Å². The van der Waals surface area contributed by atoms with Gasteiger partial charge in [0.05, 0.1) is 0 Å². The Labute approximate surface area is 165 Å². The number of carboxylic acid groups (broad SMARTS) is 1. The largest absolute Gasteiger partial charge is 0.479 e. The van der Waals surface area contributed by atoms with Crippen molar-refractivity contribution in [2.75, 3.05) is 0 Å². The van der Waals surface area contributed by atoms with Gasteiger partial charge in [0.1, 0.15) is 24.1 Å². The number of aliphatic carboxylic acids is 1. The van der Waals surface area contributed by atoms with Crippen LogP contribution in [0.4, 0.5) is 0 Å². The number of para-hydroxylation sites is 1. The highest BCUT2D eigenvalue weighted by molar-refractivity contribution is 5.73. The summed E-state index contributed by atoms with van der Waals surface area (Å²) in [7, 11) is 0. The minimum Gasteiger partial charge on any atom is -0.479 e. The molecule has 0 aromatic heterocycles. The molecule has 2 rings (SSSR count). The molecular weight excluding hydrogens is 364 g/mol. The van der Waals surface area contributed by atoms with Crippen molar-refractivity contribution in [3.63, 3.8) is 0 Å². The second-order valence-electron chi connectivity index (χ2n) is 7.33. The molecule has 0 aliphatic carbocycles. The molecule has 4 N–H and O–H groups in total. The van der Waals surface area contributed by atoms with E-state index < -0.39 is 36.7 Å². The molecule has 1 aromatic carbocycles. The van der Waals surface area contributed by atoms with Gasteiger partial charge in [-0.3, -0.25) is 0 Å². The van der Waals surface area contributed by atoms with E-state index in [1.54, 1.807) is 12.1 Å². The number of carbonyl (C=O) groups is 1. The predicted octanol–water partition coefficient (Wildman–Crippen LogP) is 2.25. The van der Waals surface area contributed by atoms with Gasteiger partial charge >= 0.3 is 5.97 Å². The highest BCUT2D eigenvalue weighted by Gasteiger charge is 2.48. The summed E-state index contributed by atoms with van der Waals surface area (Å²) in [5.41, 5.74) is 0.930. The normalized spacial score (nSPS) is 27.5. The van der Waals surface area contributed by atoms with Crippen molar-refractivity contribution in [1.82, 2.24) is 0 Å². The summed E-state index contributed by atoms with van der Waals surface area (Å²) in [5.74, 6) is -0.950. The standard InChI is InChI=1S/C21H32O7/c1-2-3-4-5-6-7-8-11-14-12-9-10-13-15(14)27-21-18(24)16(22)17(23)19(28-21)20(25)26/h9-10,12-13,16-19,21-24H,2-8,11H2,1H3,(H,25,26)/t16-,17-,18+,19-,21?/m0/s1. The van der Waals surface area contributed by atoms with Gasteiger partial charge in [0.15, 0.2) is 6.10 Å². The molecule has 1 saturated heterocycles. The van der Waals surface area contributed by atoms with Gasteiger partial charge in [0, 0.05) is 0 Å². The van der Waals surface area contributed by atoms with Crippen molar-refractivity contribution in [1.29, 1.82) is 0 Å². The summed E-state index contributed by atoms with van der Waals surface area (Å²) in [6, 6.07) is 7.31. The van der Waals surface area contributed by atoms with Crippen LogP contribution in [0.3, 0.4) is 0 Å². The van der Waals surface area contributed by atoms with Crippen LogP contribution in [0.15, 0.2) is 24.3 Å². The lowest BCUT2D eigenvalue weighted by Crippen LogP contribution is -2.61. The van der Waals surface area contributed by atoms with E-state index in [9.17, 15) is 20.1 Å². The summed E-state index contributed by atoms with van der Waals surface area (Å²) in [4.78, 5) is 11.2. The van der Waals surface area contributed by atoms with E-state index in [4.69, 9.17) is 14.6 Å². The lowest BCUT2D eigenvalue weighted by Gasteiger charge is -2.38. The third-order valence-electron chi connectivity index (χ3n) is 5.08. The zero-order valence-electron chi connectivity index (χ0n) is 16.4. The fraction of sp³-hybridized carbons (Fsp3) is 0.667. The number of benzene rings is 1. The Hall–Kier alpha value is -1.67. The Morgan fingerprint density at radius 1 is 0.964 bits per heavy atom. The number of aliphatic hydroxyl groups excluding tert-OH is 3. The number of aryl methyl sites for hydroxylation is 1. The number of carboxylic acids is 1. The van der Waals surface area contributed by atoms with Crippen molar-refractivity contribution in [3.05, 3.63) is 29.8 Å². The Bertz CT molecular complexity index is 606. The average Bonchev–Trinajstić information content (AvgIpc) is 2.68. The number of hydrogen-bond acceptors (Lipinski definition) is 6. The maximum Gasteiger partial charge on any atom is 0.335 e. The fourth-order valence-corrected chi connectivity index (χ4v) is 3.37. The highest BCUT2D eigenvalue weighted by Crippen LogP contribution is 2.27. The van der Waals surface area contributed by atoms with Crippen LogP contribution in [0.25, 0.3) is 0 Å². The molecule has 0 spiro atoms. The lowest BCUT2D eigenvalue weighted by molar-refractivity contribution is -0.271. The van der Waals surface area contributed by atoms with Crippen molar-refractivity contribution in [2.24, 2.45) is 0 Å². The van der Waals surface area contributed by atoms with Gasteiger partial charge in [0.2, 0.25) is 6.29 Å². The molecule has 0 saturated carbocycles. The average molecular weight is 396 g/mol. The second-order valence-corrected chi connectivity index (χ2v) is 7.33. The molecule has 1 aliphatic heterocycles. The number of hydrogen-bond donors (Lipinski definition) is 4. The van der Waals surface area contributed by atoms with Crippen LogP contribution < -0.4 is 4.74 Å². The van der Waals surface area contributed by atoms with E-state index in [2.05, 4.69) is 6.92 Å². The number of unbranched alkanes of at least 4 members (excludes halogenated alkanes) is 6. The molecule has 1 aromatic rings. The maximum atomic E-state index is 11.2. The van der Waals surface area contributed by atoms with Gasteiger partial charge in [-0.15, -0.1) is 0 Å². The van der Waals surface area contributed by atoms with Gasteiger partial charge in [-0.05, 0) is 24.5 Å². The number of aliphatic hydroxyl groups is 3. The maximum absolute atomic E-state index is 11.2. The summed E-state index contributed by atoms with van der Waals surface area (Å²) < 4.78 is 10.9. The summed E-state index contributed by atoms with van der Waals surface area (Å²) in [6.07, 6.45) is 1.12. The summed E-state index contributed by atoms with van der Waals surface area (Å²) in [6.45, 7) is 2.20.